The molecule has 29 heavy (non-hydrogen) atoms. The Morgan fingerprint density at radius 2 is 2.03 bits per heavy atom. The second-order valence-corrected chi connectivity index (χ2v) is 9.63. The third kappa shape index (κ3) is 3.05. The maximum atomic E-state index is 4.96. The summed E-state index contributed by atoms with van der Waals surface area (Å²) in [6.07, 6.45) is 7.96. The molecule has 1 aliphatic heterocycles. The largest absolute Gasteiger partial charge is 0.369 e. The highest BCUT2D eigenvalue weighted by Crippen LogP contribution is 2.39. The first-order valence-electron chi connectivity index (χ1n) is 10.4. The Morgan fingerprint density at radius 1 is 1.07 bits per heavy atom. The lowest BCUT2D eigenvalue weighted by atomic mass is 9.97. The molecule has 4 aromatic rings. The van der Waals surface area contributed by atoms with Crippen molar-refractivity contribution in [1.82, 2.24) is 24.7 Å². The predicted molar refractivity (Wildman–Crippen MR) is 118 cm³/mol. The summed E-state index contributed by atoms with van der Waals surface area (Å²) in [6, 6.07) is 2.10. The molecule has 4 aromatic heterocycles. The maximum absolute atomic E-state index is 4.96. The molecule has 0 saturated carbocycles. The summed E-state index contributed by atoms with van der Waals surface area (Å²) in [4.78, 5) is 12.5. The lowest BCUT2D eigenvalue weighted by molar-refractivity contribution is 0.687. The Bertz CT molecular complexity index is 1170. The SMILES string of the molecule is c1cc(-c2nc(NCCc3nnc4n3CCC4)c3c4c(sc3n2)CCCC4)cs1. The number of thiophene rings is 2. The van der Waals surface area contributed by atoms with Crippen molar-refractivity contribution in [3.05, 3.63) is 38.9 Å². The Balaban J connectivity index is 1.35. The van der Waals surface area contributed by atoms with Crippen LogP contribution in [-0.4, -0.2) is 31.3 Å². The van der Waals surface area contributed by atoms with Crippen LogP contribution in [0.2, 0.25) is 0 Å². The zero-order valence-electron chi connectivity index (χ0n) is 16.1. The van der Waals surface area contributed by atoms with Gasteiger partial charge in [0.2, 0.25) is 0 Å². The Labute approximate surface area is 177 Å². The van der Waals surface area contributed by atoms with Gasteiger partial charge in [-0.2, -0.15) is 11.3 Å². The van der Waals surface area contributed by atoms with Crippen molar-refractivity contribution in [3.8, 4) is 11.4 Å². The minimum Gasteiger partial charge on any atom is -0.369 e. The van der Waals surface area contributed by atoms with E-state index in [1.165, 1.54) is 41.5 Å². The van der Waals surface area contributed by atoms with Gasteiger partial charge in [-0.3, -0.25) is 0 Å². The smallest absolute Gasteiger partial charge is 0.163 e. The number of aromatic nitrogens is 5. The van der Waals surface area contributed by atoms with E-state index in [0.29, 0.717) is 0 Å². The zero-order chi connectivity index (χ0) is 19.2. The van der Waals surface area contributed by atoms with Crippen LogP contribution in [0.1, 0.15) is 41.4 Å². The Kier molecular flexibility index (Phi) is 4.34. The van der Waals surface area contributed by atoms with Crippen LogP contribution in [-0.2, 0) is 32.2 Å². The van der Waals surface area contributed by atoms with Crippen LogP contribution in [0.25, 0.3) is 21.6 Å². The second kappa shape index (κ2) is 7.18. The molecule has 0 fully saturated rings. The van der Waals surface area contributed by atoms with Gasteiger partial charge in [0.05, 0.1) is 5.39 Å². The third-order valence-corrected chi connectivity index (χ3v) is 7.79. The molecule has 0 unspecified atom stereocenters. The monoisotopic (exact) mass is 422 g/mol. The molecule has 0 aromatic carbocycles. The molecule has 1 aliphatic carbocycles. The number of nitrogens with one attached hydrogen (secondary N) is 1. The summed E-state index contributed by atoms with van der Waals surface area (Å²) < 4.78 is 2.28. The third-order valence-electron chi connectivity index (χ3n) is 5.92. The van der Waals surface area contributed by atoms with Gasteiger partial charge in [0.15, 0.2) is 5.82 Å². The Morgan fingerprint density at radius 3 is 2.97 bits per heavy atom. The fraction of sp³-hybridized carbons (Fsp3) is 0.429. The van der Waals surface area contributed by atoms with E-state index in [1.807, 2.05) is 11.3 Å². The van der Waals surface area contributed by atoms with Crippen molar-refractivity contribution < 1.29 is 0 Å². The van der Waals surface area contributed by atoms with Gasteiger partial charge in [-0.25, -0.2) is 9.97 Å². The van der Waals surface area contributed by atoms with Crippen LogP contribution in [0.4, 0.5) is 5.82 Å². The van der Waals surface area contributed by atoms with Crippen LogP contribution >= 0.6 is 22.7 Å². The normalized spacial score (nSPS) is 15.6. The average Bonchev–Trinajstić information content (AvgIpc) is 3.51. The molecule has 1 N–H and O–H groups in total. The summed E-state index contributed by atoms with van der Waals surface area (Å²) in [7, 11) is 0. The van der Waals surface area contributed by atoms with E-state index in [0.717, 1.165) is 66.0 Å². The fourth-order valence-electron chi connectivity index (χ4n) is 4.49. The second-order valence-electron chi connectivity index (χ2n) is 7.76. The van der Waals surface area contributed by atoms with Gasteiger partial charge < -0.3 is 9.88 Å². The van der Waals surface area contributed by atoms with E-state index >= 15 is 0 Å². The molecule has 0 saturated heterocycles. The summed E-state index contributed by atoms with van der Waals surface area (Å²) in [5.74, 6) is 4.02. The van der Waals surface area contributed by atoms with Crippen molar-refractivity contribution in [2.75, 3.05) is 11.9 Å². The summed E-state index contributed by atoms with van der Waals surface area (Å²) in [5.41, 5.74) is 2.57. The van der Waals surface area contributed by atoms with Crippen LogP contribution in [0.15, 0.2) is 16.8 Å². The first kappa shape index (κ1) is 17.5. The highest BCUT2D eigenvalue weighted by Gasteiger charge is 2.22. The van der Waals surface area contributed by atoms with Gasteiger partial charge in [0.1, 0.15) is 22.3 Å². The minimum absolute atomic E-state index is 0.804. The van der Waals surface area contributed by atoms with Crippen LogP contribution < -0.4 is 5.32 Å². The molecule has 6 rings (SSSR count). The van der Waals surface area contributed by atoms with Gasteiger partial charge in [-0.05, 0) is 49.1 Å². The van der Waals surface area contributed by atoms with Crippen molar-refractivity contribution in [2.24, 2.45) is 0 Å². The van der Waals surface area contributed by atoms with Gasteiger partial charge in [-0.15, -0.1) is 21.5 Å². The van der Waals surface area contributed by atoms with Gasteiger partial charge in [-0.1, -0.05) is 0 Å². The summed E-state index contributed by atoms with van der Waals surface area (Å²) in [6.45, 7) is 1.85. The van der Waals surface area contributed by atoms with E-state index < -0.39 is 0 Å². The molecule has 0 atom stereocenters. The lowest BCUT2D eigenvalue weighted by Crippen LogP contribution is -2.12. The Hall–Kier alpha value is -2.32. The summed E-state index contributed by atoms with van der Waals surface area (Å²) >= 11 is 3.54. The maximum Gasteiger partial charge on any atom is 0.163 e. The van der Waals surface area contributed by atoms with E-state index in [1.54, 1.807) is 11.3 Å². The summed E-state index contributed by atoms with van der Waals surface area (Å²) in [5, 5.41) is 17.8. The average molecular weight is 423 g/mol. The van der Waals surface area contributed by atoms with E-state index in [2.05, 4.69) is 36.9 Å². The molecule has 6 nitrogen and oxygen atoms in total. The van der Waals surface area contributed by atoms with E-state index in [-0.39, 0.29) is 0 Å². The number of fused-ring (bicyclic) bond motifs is 4. The lowest BCUT2D eigenvalue weighted by Gasteiger charge is -2.13. The number of aryl methyl sites for hydroxylation is 3. The number of nitrogens with zero attached hydrogens (tertiary/aromatic N) is 5. The zero-order valence-corrected chi connectivity index (χ0v) is 17.8. The topological polar surface area (TPSA) is 68.5 Å². The first-order valence-corrected chi connectivity index (χ1v) is 12.1. The van der Waals surface area contributed by atoms with Crippen LogP contribution in [0, 0.1) is 0 Å². The predicted octanol–water partition coefficient (Wildman–Crippen LogP) is 4.49. The number of anilines is 1. The van der Waals surface area contributed by atoms with Gasteiger partial charge in [0, 0.05) is 41.8 Å². The van der Waals surface area contributed by atoms with Crippen LogP contribution in [0.3, 0.4) is 0 Å². The van der Waals surface area contributed by atoms with E-state index in [9.17, 15) is 0 Å². The van der Waals surface area contributed by atoms with Crippen molar-refractivity contribution in [3.63, 3.8) is 0 Å². The van der Waals surface area contributed by atoms with E-state index in [4.69, 9.17) is 9.97 Å². The molecule has 2 aliphatic rings. The molecule has 8 heteroatoms. The number of rotatable bonds is 5. The molecular formula is C21H22N6S2. The van der Waals surface area contributed by atoms with Gasteiger partial charge >= 0.3 is 0 Å². The highest BCUT2D eigenvalue weighted by atomic mass is 32.1. The molecule has 5 heterocycles. The molecule has 0 spiro atoms. The fourth-order valence-corrected chi connectivity index (χ4v) is 6.39. The van der Waals surface area contributed by atoms with Crippen LogP contribution in [0.5, 0.6) is 0 Å². The molecule has 0 amide bonds. The van der Waals surface area contributed by atoms with Crippen molar-refractivity contribution in [1.29, 1.82) is 0 Å². The first-order chi connectivity index (χ1) is 14.4. The molecule has 148 valence electrons. The highest BCUT2D eigenvalue weighted by molar-refractivity contribution is 7.19. The standard InChI is InChI=1S/C21H22N6S2/c1-2-5-15-14(4-1)18-20(22-9-7-17-26-25-16-6-3-10-27(16)17)23-19(24-21(18)29-15)13-8-11-28-12-13/h8,11-12H,1-7,9-10H2,(H,22,23,24). The van der Waals surface area contributed by atoms with Crippen molar-refractivity contribution in [2.45, 2.75) is 51.5 Å². The molecule has 0 bridgehead atoms. The van der Waals surface area contributed by atoms with Gasteiger partial charge in [0.25, 0.3) is 0 Å². The minimum atomic E-state index is 0.804. The number of hydrogen-bond acceptors (Lipinski definition) is 7. The molecular weight excluding hydrogens is 400 g/mol. The number of hydrogen-bond donors (Lipinski definition) is 1. The van der Waals surface area contributed by atoms with Crippen molar-refractivity contribution >= 4 is 38.7 Å². The quantitative estimate of drug-likeness (QED) is 0.513. The molecule has 0 radical (unpaired) electrons.